The summed E-state index contributed by atoms with van der Waals surface area (Å²) in [5, 5.41) is 2.69. The van der Waals surface area contributed by atoms with Crippen LogP contribution in [-0.4, -0.2) is 51.4 Å². The van der Waals surface area contributed by atoms with E-state index in [-0.39, 0.29) is 23.8 Å². The number of sulfonamides is 1. The number of rotatable bonds is 13. The van der Waals surface area contributed by atoms with Gasteiger partial charge in [0.2, 0.25) is 11.8 Å². The molecule has 4 rings (SSSR count). The Morgan fingerprint density at radius 3 is 1.95 bits per heavy atom. The van der Waals surface area contributed by atoms with Gasteiger partial charge in [0, 0.05) is 20.0 Å². The minimum atomic E-state index is -4.18. The van der Waals surface area contributed by atoms with Gasteiger partial charge in [-0.2, -0.15) is 0 Å². The number of nitrogens with one attached hydrogen (secondary N) is 1. The number of benzene rings is 4. The van der Waals surface area contributed by atoms with Crippen LogP contribution in [0.15, 0.2) is 114 Å². The van der Waals surface area contributed by atoms with E-state index in [0.717, 1.165) is 21.0 Å². The zero-order valence-electron chi connectivity index (χ0n) is 24.6. The molecule has 0 radical (unpaired) electrons. The third kappa shape index (κ3) is 8.02. The molecular weight excluding hydrogens is 562 g/mol. The van der Waals surface area contributed by atoms with E-state index in [2.05, 4.69) is 5.32 Å². The van der Waals surface area contributed by atoms with Crippen molar-refractivity contribution in [3.05, 3.63) is 126 Å². The van der Waals surface area contributed by atoms with Crippen molar-refractivity contribution in [3.8, 4) is 5.75 Å². The van der Waals surface area contributed by atoms with E-state index in [0.29, 0.717) is 18.0 Å². The molecule has 0 aromatic heterocycles. The first-order valence-electron chi connectivity index (χ1n) is 14.1. The summed E-state index contributed by atoms with van der Waals surface area (Å²) < 4.78 is 34.8. The minimum absolute atomic E-state index is 0.0195. The lowest BCUT2D eigenvalue weighted by molar-refractivity contribution is -0.139. The number of amides is 2. The van der Waals surface area contributed by atoms with Crippen molar-refractivity contribution in [1.82, 2.24) is 10.2 Å². The van der Waals surface area contributed by atoms with Crippen LogP contribution in [0.4, 0.5) is 5.69 Å². The van der Waals surface area contributed by atoms with E-state index in [9.17, 15) is 18.0 Å². The molecule has 43 heavy (non-hydrogen) atoms. The van der Waals surface area contributed by atoms with Crippen LogP contribution in [0.5, 0.6) is 5.75 Å². The summed E-state index contributed by atoms with van der Waals surface area (Å²) in [6.07, 6.45) is 0.259. The maximum absolute atomic E-state index is 14.3. The highest BCUT2D eigenvalue weighted by atomic mass is 32.2. The third-order valence-electron chi connectivity index (χ3n) is 7.04. The fourth-order valence-corrected chi connectivity index (χ4v) is 6.16. The van der Waals surface area contributed by atoms with Gasteiger partial charge >= 0.3 is 0 Å². The molecule has 0 unspecified atom stereocenters. The molecule has 0 fully saturated rings. The Kier molecular flexibility index (Phi) is 10.6. The van der Waals surface area contributed by atoms with Crippen molar-refractivity contribution in [2.24, 2.45) is 0 Å². The van der Waals surface area contributed by atoms with Gasteiger partial charge in [0.05, 0.1) is 17.2 Å². The Morgan fingerprint density at radius 2 is 1.40 bits per heavy atom. The van der Waals surface area contributed by atoms with E-state index in [1.54, 1.807) is 36.4 Å². The van der Waals surface area contributed by atoms with Gasteiger partial charge in [-0.1, -0.05) is 78.4 Å². The van der Waals surface area contributed by atoms with Crippen LogP contribution in [0.3, 0.4) is 0 Å². The van der Waals surface area contributed by atoms with Crippen LogP contribution < -0.4 is 14.4 Å². The summed E-state index contributed by atoms with van der Waals surface area (Å²) in [7, 11) is -2.65. The standard InChI is InChI=1S/C34H37N3O5S/c1-4-42-30-19-21-31(22-20-30)43(40,41)37(29-17-15-26(2)16-18-29)25-33(38)36(24-28-13-9-6-10-14-28)32(34(39)35-3)23-27-11-7-5-8-12-27/h5-22,32H,4,23-25H2,1-3H3,(H,35,39)/t32-/m1/s1. The molecule has 9 heteroatoms. The molecular formula is C34H37N3O5S. The number of hydrogen-bond acceptors (Lipinski definition) is 5. The van der Waals surface area contributed by atoms with Crippen LogP contribution >= 0.6 is 0 Å². The predicted octanol–water partition coefficient (Wildman–Crippen LogP) is 4.98. The first kappa shape index (κ1) is 31.3. The molecule has 0 aliphatic heterocycles. The Labute approximate surface area is 254 Å². The average molecular weight is 600 g/mol. The molecule has 0 aliphatic carbocycles. The molecule has 4 aromatic carbocycles. The first-order chi connectivity index (χ1) is 20.7. The van der Waals surface area contributed by atoms with E-state index < -0.39 is 28.5 Å². The number of hydrogen-bond donors (Lipinski definition) is 1. The number of carbonyl (C=O) groups excluding carboxylic acids is 2. The molecule has 0 bridgehead atoms. The van der Waals surface area contributed by atoms with Crippen LogP contribution in [0.2, 0.25) is 0 Å². The van der Waals surface area contributed by atoms with Crippen LogP contribution in [0.25, 0.3) is 0 Å². The summed E-state index contributed by atoms with van der Waals surface area (Å²) in [5.41, 5.74) is 2.97. The highest BCUT2D eigenvalue weighted by Crippen LogP contribution is 2.27. The van der Waals surface area contributed by atoms with Gasteiger partial charge in [0.25, 0.3) is 10.0 Å². The number of ether oxygens (including phenoxy) is 1. The number of likely N-dealkylation sites (N-methyl/N-ethyl adjacent to an activating group) is 1. The van der Waals surface area contributed by atoms with Crippen LogP contribution in [0, 0.1) is 6.92 Å². The van der Waals surface area contributed by atoms with Crippen molar-refractivity contribution >= 4 is 27.5 Å². The quantitative estimate of drug-likeness (QED) is 0.234. The molecule has 224 valence electrons. The van der Waals surface area contributed by atoms with Crippen molar-refractivity contribution < 1.29 is 22.7 Å². The van der Waals surface area contributed by atoms with Gasteiger partial charge in [-0.05, 0) is 61.4 Å². The molecule has 0 heterocycles. The normalized spacial score (nSPS) is 11.8. The van der Waals surface area contributed by atoms with Gasteiger partial charge < -0.3 is 15.0 Å². The monoisotopic (exact) mass is 599 g/mol. The zero-order chi connectivity index (χ0) is 30.8. The molecule has 1 atom stereocenters. The van der Waals surface area contributed by atoms with E-state index in [4.69, 9.17) is 4.74 Å². The topological polar surface area (TPSA) is 96.0 Å². The second kappa shape index (κ2) is 14.5. The van der Waals surface area contributed by atoms with Gasteiger partial charge in [-0.3, -0.25) is 13.9 Å². The Morgan fingerprint density at radius 1 is 0.814 bits per heavy atom. The fourth-order valence-electron chi connectivity index (χ4n) is 4.74. The lowest BCUT2D eigenvalue weighted by Crippen LogP contribution is -2.53. The average Bonchev–Trinajstić information content (AvgIpc) is 3.03. The van der Waals surface area contributed by atoms with Crippen molar-refractivity contribution in [3.63, 3.8) is 0 Å². The summed E-state index contributed by atoms with van der Waals surface area (Å²) in [6.45, 7) is 3.81. The number of nitrogens with zero attached hydrogens (tertiary/aromatic N) is 2. The number of aryl methyl sites for hydroxylation is 1. The molecule has 0 spiro atoms. The Hall–Kier alpha value is -4.63. The maximum Gasteiger partial charge on any atom is 0.264 e. The molecule has 8 nitrogen and oxygen atoms in total. The second-order valence-corrected chi connectivity index (χ2v) is 11.9. The second-order valence-electron chi connectivity index (χ2n) is 10.1. The van der Waals surface area contributed by atoms with Crippen molar-refractivity contribution in [2.45, 2.75) is 37.8 Å². The molecule has 1 N–H and O–H groups in total. The van der Waals surface area contributed by atoms with Crippen LogP contribution in [0.1, 0.15) is 23.6 Å². The Bertz CT molecular complexity index is 1590. The van der Waals surface area contributed by atoms with E-state index in [1.807, 2.05) is 74.5 Å². The molecule has 4 aromatic rings. The Balaban J connectivity index is 1.76. The molecule has 0 saturated heterocycles. The van der Waals surface area contributed by atoms with Gasteiger partial charge in [-0.25, -0.2) is 8.42 Å². The highest BCUT2D eigenvalue weighted by Gasteiger charge is 2.34. The summed E-state index contributed by atoms with van der Waals surface area (Å²) in [4.78, 5) is 29.1. The predicted molar refractivity (Wildman–Crippen MR) is 168 cm³/mol. The zero-order valence-corrected chi connectivity index (χ0v) is 25.5. The SMILES string of the molecule is CCOc1ccc(S(=O)(=O)N(CC(=O)N(Cc2ccccc2)[C@H](Cc2ccccc2)C(=O)NC)c2ccc(C)cc2)cc1. The van der Waals surface area contributed by atoms with Gasteiger partial charge in [0.1, 0.15) is 18.3 Å². The van der Waals surface area contributed by atoms with Crippen molar-refractivity contribution in [1.29, 1.82) is 0 Å². The maximum atomic E-state index is 14.3. The number of carbonyl (C=O) groups is 2. The molecule has 2 amide bonds. The number of anilines is 1. The highest BCUT2D eigenvalue weighted by molar-refractivity contribution is 7.92. The van der Waals surface area contributed by atoms with Gasteiger partial charge in [-0.15, -0.1) is 0 Å². The smallest absolute Gasteiger partial charge is 0.264 e. The summed E-state index contributed by atoms with van der Waals surface area (Å²) in [6, 6.07) is 31.0. The molecule has 0 saturated carbocycles. The van der Waals surface area contributed by atoms with E-state index >= 15 is 0 Å². The lowest BCUT2D eigenvalue weighted by atomic mass is 10.0. The minimum Gasteiger partial charge on any atom is -0.494 e. The molecule has 0 aliphatic rings. The summed E-state index contributed by atoms with van der Waals surface area (Å²) in [5.74, 6) is -0.310. The third-order valence-corrected chi connectivity index (χ3v) is 8.82. The van der Waals surface area contributed by atoms with Crippen LogP contribution in [-0.2, 0) is 32.6 Å². The largest absolute Gasteiger partial charge is 0.494 e. The fraction of sp³-hybridized carbons (Fsp3) is 0.235. The van der Waals surface area contributed by atoms with Crippen molar-refractivity contribution in [2.75, 3.05) is 24.5 Å². The van der Waals surface area contributed by atoms with E-state index in [1.165, 1.54) is 24.1 Å². The first-order valence-corrected chi connectivity index (χ1v) is 15.6. The van der Waals surface area contributed by atoms with Gasteiger partial charge in [0.15, 0.2) is 0 Å². The summed E-state index contributed by atoms with van der Waals surface area (Å²) >= 11 is 0. The lowest BCUT2D eigenvalue weighted by Gasteiger charge is -2.33.